The summed E-state index contributed by atoms with van der Waals surface area (Å²) in [5.41, 5.74) is 0.398. The number of hydrogen-bond donors (Lipinski definition) is 1. The van der Waals surface area contributed by atoms with Gasteiger partial charge in [0.1, 0.15) is 4.93 Å². The van der Waals surface area contributed by atoms with Gasteiger partial charge >= 0.3 is 0 Å². The van der Waals surface area contributed by atoms with Gasteiger partial charge in [0.25, 0.3) is 0 Å². The van der Waals surface area contributed by atoms with E-state index in [-0.39, 0.29) is 0 Å². The van der Waals surface area contributed by atoms with Gasteiger partial charge in [0, 0.05) is 11.0 Å². The summed E-state index contributed by atoms with van der Waals surface area (Å²) in [7, 11) is 0. The third-order valence-electron chi connectivity index (χ3n) is 2.89. The molecule has 1 N–H and O–H groups in total. The lowest BCUT2D eigenvalue weighted by molar-refractivity contribution is 0.151. The molecule has 0 radical (unpaired) electrons. The predicted octanol–water partition coefficient (Wildman–Crippen LogP) is 2.73. The summed E-state index contributed by atoms with van der Waals surface area (Å²) < 4.78 is 0. The van der Waals surface area contributed by atoms with E-state index in [9.17, 15) is 5.11 Å². The molecule has 0 spiro atoms. The monoisotopic (exact) mass is 218 g/mol. The minimum Gasteiger partial charge on any atom is -0.378 e. The van der Waals surface area contributed by atoms with Crippen LogP contribution in [0, 0.1) is 5.41 Å². The molecule has 2 rings (SSSR count). The fraction of sp³-hybridized carbons (Fsp3) is 1.00. The normalized spacial score (nSPS) is 44.1. The fourth-order valence-corrected chi connectivity index (χ4v) is 5.33. The third kappa shape index (κ3) is 2.02. The van der Waals surface area contributed by atoms with Crippen molar-refractivity contribution in [3.63, 3.8) is 0 Å². The Labute approximate surface area is 89.1 Å². The van der Waals surface area contributed by atoms with Gasteiger partial charge in [-0.1, -0.05) is 13.8 Å². The van der Waals surface area contributed by atoms with Gasteiger partial charge in [-0.2, -0.15) is 11.8 Å². The fourth-order valence-electron chi connectivity index (χ4n) is 1.99. The SMILES string of the molecule is CC1(C)CSC2CCCC2(O)SC1. The summed E-state index contributed by atoms with van der Waals surface area (Å²) in [4.78, 5) is -0.390. The van der Waals surface area contributed by atoms with Crippen LogP contribution in [0.2, 0.25) is 0 Å². The van der Waals surface area contributed by atoms with Crippen molar-refractivity contribution < 1.29 is 5.11 Å². The van der Waals surface area contributed by atoms with Crippen LogP contribution in [0.5, 0.6) is 0 Å². The molecule has 1 aliphatic heterocycles. The van der Waals surface area contributed by atoms with Crippen LogP contribution in [0.1, 0.15) is 33.1 Å². The number of fused-ring (bicyclic) bond motifs is 1. The summed E-state index contributed by atoms with van der Waals surface area (Å²) in [5, 5.41) is 10.9. The molecule has 1 saturated carbocycles. The zero-order valence-corrected chi connectivity index (χ0v) is 10.0. The highest BCUT2D eigenvalue weighted by Crippen LogP contribution is 2.51. The number of aliphatic hydroxyl groups is 1. The average Bonchev–Trinajstić information content (AvgIpc) is 2.37. The van der Waals surface area contributed by atoms with E-state index in [1.54, 1.807) is 11.8 Å². The maximum atomic E-state index is 10.4. The van der Waals surface area contributed by atoms with Crippen LogP contribution in [-0.4, -0.2) is 26.8 Å². The molecule has 0 amide bonds. The first-order chi connectivity index (χ1) is 6.02. The largest absolute Gasteiger partial charge is 0.378 e. The second-order valence-electron chi connectivity index (χ2n) is 4.99. The Morgan fingerprint density at radius 3 is 2.85 bits per heavy atom. The van der Waals surface area contributed by atoms with E-state index >= 15 is 0 Å². The first kappa shape index (κ1) is 10.2. The lowest BCUT2D eigenvalue weighted by atomic mass is 10.0. The zero-order valence-electron chi connectivity index (χ0n) is 8.38. The van der Waals surface area contributed by atoms with Crippen LogP contribution in [0.15, 0.2) is 0 Å². The summed E-state index contributed by atoms with van der Waals surface area (Å²) in [6.07, 6.45) is 3.43. The molecule has 1 nitrogen and oxygen atoms in total. The molecule has 76 valence electrons. The van der Waals surface area contributed by atoms with E-state index in [4.69, 9.17) is 0 Å². The minimum atomic E-state index is -0.390. The second kappa shape index (κ2) is 3.35. The van der Waals surface area contributed by atoms with E-state index in [1.807, 2.05) is 11.8 Å². The Bertz CT molecular complexity index is 205. The van der Waals surface area contributed by atoms with Gasteiger partial charge in [-0.05, 0) is 30.4 Å². The van der Waals surface area contributed by atoms with Gasteiger partial charge in [-0.3, -0.25) is 0 Å². The van der Waals surface area contributed by atoms with Crippen molar-refractivity contribution in [2.45, 2.75) is 43.3 Å². The lowest BCUT2D eigenvalue weighted by Gasteiger charge is -2.26. The Hall–Kier alpha value is 0.660. The molecular formula is C10H18OS2. The van der Waals surface area contributed by atoms with Crippen LogP contribution < -0.4 is 0 Å². The van der Waals surface area contributed by atoms with Crippen LogP contribution >= 0.6 is 23.5 Å². The highest BCUT2D eigenvalue weighted by atomic mass is 32.2. The molecule has 0 bridgehead atoms. The van der Waals surface area contributed by atoms with E-state index < -0.39 is 4.93 Å². The zero-order chi connectivity index (χ0) is 9.53. The Kier molecular flexibility index (Phi) is 2.63. The van der Waals surface area contributed by atoms with Crippen molar-refractivity contribution in [2.75, 3.05) is 11.5 Å². The van der Waals surface area contributed by atoms with Crippen molar-refractivity contribution in [1.29, 1.82) is 0 Å². The summed E-state index contributed by atoms with van der Waals surface area (Å²) in [6, 6.07) is 0. The predicted molar refractivity (Wildman–Crippen MR) is 61.3 cm³/mol. The molecule has 1 saturated heterocycles. The minimum absolute atomic E-state index is 0.390. The molecule has 13 heavy (non-hydrogen) atoms. The van der Waals surface area contributed by atoms with Gasteiger partial charge < -0.3 is 5.11 Å². The van der Waals surface area contributed by atoms with E-state index in [2.05, 4.69) is 13.8 Å². The third-order valence-corrected chi connectivity index (χ3v) is 6.93. The van der Waals surface area contributed by atoms with Crippen molar-refractivity contribution in [2.24, 2.45) is 5.41 Å². The second-order valence-corrected chi connectivity index (χ2v) is 7.46. The van der Waals surface area contributed by atoms with Gasteiger partial charge in [0.05, 0.1) is 0 Å². The van der Waals surface area contributed by atoms with E-state index in [1.165, 1.54) is 18.6 Å². The Balaban J connectivity index is 2.11. The number of hydrogen-bond acceptors (Lipinski definition) is 3. The molecule has 3 heteroatoms. The van der Waals surface area contributed by atoms with Crippen LogP contribution in [0.3, 0.4) is 0 Å². The summed E-state index contributed by atoms with van der Waals surface area (Å²) in [6.45, 7) is 4.61. The first-order valence-corrected chi connectivity index (χ1v) is 7.03. The standard InChI is InChI=1S/C10H18OS2/c1-9(2)6-12-8-4-3-5-10(8,11)13-7-9/h8,11H,3-7H2,1-2H3. The van der Waals surface area contributed by atoms with Crippen molar-refractivity contribution in [1.82, 2.24) is 0 Å². The quantitative estimate of drug-likeness (QED) is 0.675. The molecule has 1 heterocycles. The van der Waals surface area contributed by atoms with Gasteiger partial charge in [0.2, 0.25) is 0 Å². The van der Waals surface area contributed by atoms with Crippen LogP contribution in [-0.2, 0) is 0 Å². The van der Waals surface area contributed by atoms with Gasteiger partial charge in [-0.15, -0.1) is 11.8 Å². The Morgan fingerprint density at radius 2 is 2.08 bits per heavy atom. The van der Waals surface area contributed by atoms with E-state index in [0.29, 0.717) is 10.7 Å². The maximum Gasteiger partial charge on any atom is 0.122 e. The highest BCUT2D eigenvalue weighted by Gasteiger charge is 2.45. The smallest absolute Gasteiger partial charge is 0.122 e. The molecule has 0 aromatic rings. The van der Waals surface area contributed by atoms with Crippen molar-refractivity contribution in [3.05, 3.63) is 0 Å². The highest BCUT2D eigenvalue weighted by molar-refractivity contribution is 8.04. The summed E-state index contributed by atoms with van der Waals surface area (Å²) >= 11 is 3.79. The number of rotatable bonds is 0. The molecule has 0 aromatic heterocycles. The van der Waals surface area contributed by atoms with Gasteiger partial charge in [-0.25, -0.2) is 0 Å². The molecule has 2 atom stereocenters. The van der Waals surface area contributed by atoms with Crippen molar-refractivity contribution in [3.8, 4) is 0 Å². The lowest BCUT2D eigenvalue weighted by Crippen LogP contribution is -2.30. The molecule has 2 fully saturated rings. The van der Waals surface area contributed by atoms with Crippen molar-refractivity contribution >= 4 is 23.5 Å². The van der Waals surface area contributed by atoms with Crippen LogP contribution in [0.25, 0.3) is 0 Å². The van der Waals surface area contributed by atoms with E-state index in [0.717, 1.165) is 12.2 Å². The maximum absolute atomic E-state index is 10.4. The Morgan fingerprint density at radius 1 is 1.31 bits per heavy atom. The molecule has 1 aliphatic carbocycles. The molecule has 0 aromatic carbocycles. The van der Waals surface area contributed by atoms with Gasteiger partial charge in [0.15, 0.2) is 0 Å². The molecular weight excluding hydrogens is 200 g/mol. The average molecular weight is 218 g/mol. The molecule has 2 unspecified atom stereocenters. The first-order valence-electron chi connectivity index (χ1n) is 5.00. The number of thioether (sulfide) groups is 2. The molecule has 2 aliphatic rings. The topological polar surface area (TPSA) is 20.2 Å². The summed E-state index contributed by atoms with van der Waals surface area (Å²) in [5.74, 6) is 2.31. The van der Waals surface area contributed by atoms with Crippen LogP contribution in [0.4, 0.5) is 0 Å².